The van der Waals surface area contributed by atoms with Crippen LogP contribution in [0.2, 0.25) is 0 Å². The van der Waals surface area contributed by atoms with Crippen LogP contribution in [-0.4, -0.2) is 37.4 Å². The van der Waals surface area contributed by atoms with Crippen molar-refractivity contribution in [1.82, 2.24) is 15.6 Å². The molecule has 0 radical (unpaired) electrons. The van der Waals surface area contributed by atoms with E-state index in [9.17, 15) is 9.59 Å². The Kier molecular flexibility index (Phi) is 6.51. The van der Waals surface area contributed by atoms with Gasteiger partial charge >= 0.3 is 0 Å². The van der Waals surface area contributed by atoms with E-state index < -0.39 is 0 Å². The van der Waals surface area contributed by atoms with Gasteiger partial charge in [-0.2, -0.15) is 0 Å². The van der Waals surface area contributed by atoms with Gasteiger partial charge in [0.1, 0.15) is 5.82 Å². The second-order valence-electron chi connectivity index (χ2n) is 5.98. The Morgan fingerprint density at radius 2 is 1.84 bits per heavy atom. The minimum Gasteiger partial charge on any atom is -0.362 e. The molecule has 25 heavy (non-hydrogen) atoms. The second kappa shape index (κ2) is 8.82. The SMILES string of the molecule is Cc1ccccc1C(=O)NCCC(=O)NCc1cccnc1N(C)C. The average Bonchev–Trinajstić information content (AvgIpc) is 2.60. The molecule has 0 aliphatic rings. The number of hydrogen-bond donors (Lipinski definition) is 2. The van der Waals surface area contributed by atoms with Gasteiger partial charge in [0.15, 0.2) is 0 Å². The molecule has 0 aliphatic heterocycles. The van der Waals surface area contributed by atoms with Crippen molar-refractivity contribution < 1.29 is 9.59 Å². The molecule has 6 nitrogen and oxygen atoms in total. The van der Waals surface area contributed by atoms with Crippen molar-refractivity contribution in [3.8, 4) is 0 Å². The van der Waals surface area contributed by atoms with Gasteiger partial charge in [0.05, 0.1) is 0 Å². The summed E-state index contributed by atoms with van der Waals surface area (Å²) in [6.07, 6.45) is 1.96. The van der Waals surface area contributed by atoms with Gasteiger partial charge in [-0.25, -0.2) is 4.98 Å². The zero-order chi connectivity index (χ0) is 18.2. The maximum Gasteiger partial charge on any atom is 0.251 e. The quantitative estimate of drug-likeness (QED) is 0.807. The lowest BCUT2D eigenvalue weighted by atomic mass is 10.1. The molecular weight excluding hydrogens is 316 g/mol. The molecule has 6 heteroatoms. The van der Waals surface area contributed by atoms with Crippen molar-refractivity contribution in [1.29, 1.82) is 0 Å². The highest BCUT2D eigenvalue weighted by Gasteiger charge is 2.10. The van der Waals surface area contributed by atoms with E-state index in [1.54, 1.807) is 12.3 Å². The van der Waals surface area contributed by atoms with E-state index in [0.29, 0.717) is 18.7 Å². The van der Waals surface area contributed by atoms with E-state index in [2.05, 4.69) is 15.6 Å². The lowest BCUT2D eigenvalue weighted by Gasteiger charge is -2.16. The first-order valence-electron chi connectivity index (χ1n) is 8.20. The van der Waals surface area contributed by atoms with Crippen LogP contribution in [-0.2, 0) is 11.3 Å². The molecule has 0 fully saturated rings. The fourth-order valence-electron chi connectivity index (χ4n) is 2.47. The Bertz CT molecular complexity index is 744. The number of hydrogen-bond acceptors (Lipinski definition) is 4. The summed E-state index contributed by atoms with van der Waals surface area (Å²) in [6, 6.07) is 11.2. The Morgan fingerprint density at radius 1 is 1.08 bits per heavy atom. The molecule has 0 atom stereocenters. The predicted molar refractivity (Wildman–Crippen MR) is 98.5 cm³/mol. The van der Waals surface area contributed by atoms with Crippen LogP contribution < -0.4 is 15.5 Å². The monoisotopic (exact) mass is 340 g/mol. The van der Waals surface area contributed by atoms with E-state index >= 15 is 0 Å². The van der Waals surface area contributed by atoms with E-state index in [1.807, 2.05) is 56.3 Å². The van der Waals surface area contributed by atoms with Crippen LogP contribution in [0.1, 0.15) is 27.9 Å². The van der Waals surface area contributed by atoms with Crippen molar-refractivity contribution in [3.63, 3.8) is 0 Å². The van der Waals surface area contributed by atoms with Crippen LogP contribution in [0, 0.1) is 6.92 Å². The summed E-state index contributed by atoms with van der Waals surface area (Å²) in [5.41, 5.74) is 2.50. The first-order chi connectivity index (χ1) is 12.0. The summed E-state index contributed by atoms with van der Waals surface area (Å²) in [5.74, 6) is 0.558. The van der Waals surface area contributed by atoms with Crippen molar-refractivity contribution in [2.45, 2.75) is 19.9 Å². The fraction of sp³-hybridized carbons (Fsp3) is 0.316. The van der Waals surface area contributed by atoms with Gasteiger partial charge < -0.3 is 15.5 Å². The number of carbonyl (C=O) groups excluding carboxylic acids is 2. The molecule has 2 rings (SSSR count). The summed E-state index contributed by atoms with van der Waals surface area (Å²) < 4.78 is 0. The van der Waals surface area contributed by atoms with Gasteiger partial charge in [0, 0.05) is 50.9 Å². The molecule has 0 bridgehead atoms. The van der Waals surface area contributed by atoms with Gasteiger partial charge in [0.25, 0.3) is 5.91 Å². The van der Waals surface area contributed by atoms with Crippen molar-refractivity contribution >= 4 is 17.6 Å². The van der Waals surface area contributed by atoms with Crippen molar-refractivity contribution in [2.24, 2.45) is 0 Å². The van der Waals surface area contributed by atoms with Crippen LogP contribution in [0.25, 0.3) is 0 Å². The van der Waals surface area contributed by atoms with Crippen molar-refractivity contribution in [3.05, 3.63) is 59.3 Å². The van der Waals surface area contributed by atoms with Crippen LogP contribution in [0.5, 0.6) is 0 Å². The third kappa shape index (κ3) is 5.31. The summed E-state index contributed by atoms with van der Waals surface area (Å²) in [6.45, 7) is 2.59. The Morgan fingerprint density at radius 3 is 2.56 bits per heavy atom. The third-order valence-corrected chi connectivity index (χ3v) is 3.79. The van der Waals surface area contributed by atoms with Gasteiger partial charge in [-0.1, -0.05) is 24.3 Å². The number of aromatic nitrogens is 1. The van der Waals surface area contributed by atoms with E-state index in [1.165, 1.54) is 0 Å². The number of amides is 2. The largest absolute Gasteiger partial charge is 0.362 e. The van der Waals surface area contributed by atoms with Crippen LogP contribution >= 0.6 is 0 Å². The third-order valence-electron chi connectivity index (χ3n) is 3.79. The highest BCUT2D eigenvalue weighted by Crippen LogP contribution is 2.13. The van der Waals surface area contributed by atoms with Gasteiger partial charge in [-0.05, 0) is 24.6 Å². The van der Waals surface area contributed by atoms with Crippen LogP contribution in [0.15, 0.2) is 42.6 Å². The highest BCUT2D eigenvalue weighted by atomic mass is 16.2. The van der Waals surface area contributed by atoms with Crippen LogP contribution in [0.3, 0.4) is 0 Å². The first kappa shape index (κ1) is 18.4. The van der Waals surface area contributed by atoms with Crippen LogP contribution in [0.4, 0.5) is 5.82 Å². The summed E-state index contributed by atoms with van der Waals surface area (Å²) in [4.78, 5) is 30.3. The summed E-state index contributed by atoms with van der Waals surface area (Å²) in [5, 5.41) is 5.64. The lowest BCUT2D eigenvalue weighted by Crippen LogP contribution is -2.31. The van der Waals surface area contributed by atoms with Crippen molar-refractivity contribution in [2.75, 3.05) is 25.5 Å². The predicted octanol–water partition coefficient (Wildman–Crippen LogP) is 1.89. The molecule has 1 heterocycles. The minimum absolute atomic E-state index is 0.112. The van der Waals surface area contributed by atoms with Gasteiger partial charge in [-0.3, -0.25) is 9.59 Å². The molecule has 132 valence electrons. The van der Waals surface area contributed by atoms with Gasteiger partial charge in [0.2, 0.25) is 5.91 Å². The minimum atomic E-state index is -0.159. The lowest BCUT2D eigenvalue weighted by molar-refractivity contribution is -0.121. The summed E-state index contributed by atoms with van der Waals surface area (Å²) >= 11 is 0. The number of aryl methyl sites for hydroxylation is 1. The standard InChI is InChI=1S/C19H24N4O2/c1-14-7-4-5-9-16(14)19(25)21-12-10-17(24)22-13-15-8-6-11-20-18(15)23(2)3/h4-9,11H,10,12-13H2,1-3H3,(H,21,25)(H,22,24). The molecule has 2 aromatic rings. The molecule has 0 unspecified atom stereocenters. The maximum absolute atomic E-state index is 12.1. The fourth-order valence-corrected chi connectivity index (χ4v) is 2.47. The Labute approximate surface area is 148 Å². The number of carbonyl (C=O) groups is 2. The Hall–Kier alpha value is -2.89. The number of pyridine rings is 1. The molecular formula is C19H24N4O2. The molecule has 2 N–H and O–H groups in total. The first-order valence-corrected chi connectivity index (χ1v) is 8.20. The zero-order valence-electron chi connectivity index (χ0n) is 14.9. The number of nitrogens with one attached hydrogen (secondary N) is 2. The molecule has 1 aromatic carbocycles. The summed E-state index contributed by atoms with van der Waals surface area (Å²) in [7, 11) is 3.82. The molecule has 1 aromatic heterocycles. The van der Waals surface area contributed by atoms with E-state index in [4.69, 9.17) is 0 Å². The number of benzene rings is 1. The number of nitrogens with zero attached hydrogens (tertiary/aromatic N) is 2. The average molecular weight is 340 g/mol. The molecule has 0 aliphatic carbocycles. The maximum atomic E-state index is 12.1. The number of rotatable bonds is 7. The highest BCUT2D eigenvalue weighted by molar-refractivity contribution is 5.95. The molecule has 0 saturated heterocycles. The topological polar surface area (TPSA) is 74.3 Å². The molecule has 0 saturated carbocycles. The number of anilines is 1. The van der Waals surface area contributed by atoms with E-state index in [-0.39, 0.29) is 18.2 Å². The second-order valence-corrected chi connectivity index (χ2v) is 5.98. The molecule has 0 spiro atoms. The van der Waals surface area contributed by atoms with Gasteiger partial charge in [-0.15, -0.1) is 0 Å². The zero-order valence-corrected chi connectivity index (χ0v) is 14.9. The normalized spacial score (nSPS) is 10.2. The van der Waals surface area contributed by atoms with E-state index in [0.717, 1.165) is 16.9 Å². The Balaban J connectivity index is 1.78. The molecule has 2 amide bonds. The smallest absolute Gasteiger partial charge is 0.251 e.